The lowest BCUT2D eigenvalue weighted by Crippen LogP contribution is -2.02. The Labute approximate surface area is 132 Å². The predicted octanol–water partition coefficient (Wildman–Crippen LogP) is 4.07. The molecule has 21 heavy (non-hydrogen) atoms. The summed E-state index contributed by atoms with van der Waals surface area (Å²) in [6, 6.07) is 16.5. The second-order valence-electron chi connectivity index (χ2n) is 4.87. The molecule has 0 spiro atoms. The number of fused-ring (bicyclic) bond motifs is 1. The van der Waals surface area contributed by atoms with Crippen LogP contribution in [0.4, 0.5) is 5.82 Å². The first-order valence-corrected chi connectivity index (χ1v) is 7.62. The quantitative estimate of drug-likeness (QED) is 0.752. The molecule has 0 atom stereocenters. The van der Waals surface area contributed by atoms with Gasteiger partial charge in [-0.15, -0.1) is 0 Å². The van der Waals surface area contributed by atoms with Crippen molar-refractivity contribution in [2.75, 3.05) is 5.32 Å². The molecule has 4 heteroatoms. The molecule has 0 aliphatic heterocycles. The number of nitrogens with zero attached hydrogens (tertiary/aromatic N) is 1. The minimum Gasteiger partial charge on any atom is -0.365 e. The number of hydrogen-bond acceptors (Lipinski definition) is 3. The highest BCUT2D eigenvalue weighted by atomic mass is 79.9. The van der Waals surface area contributed by atoms with Crippen molar-refractivity contribution in [1.29, 1.82) is 0 Å². The van der Waals surface area contributed by atoms with E-state index in [1.54, 1.807) is 0 Å². The van der Waals surface area contributed by atoms with Gasteiger partial charge in [-0.2, -0.15) is 0 Å². The van der Waals surface area contributed by atoms with Gasteiger partial charge in [0.2, 0.25) is 0 Å². The van der Waals surface area contributed by atoms with Crippen LogP contribution in [-0.4, -0.2) is 4.98 Å². The highest BCUT2D eigenvalue weighted by Gasteiger charge is 2.04. The summed E-state index contributed by atoms with van der Waals surface area (Å²) in [6.45, 7) is 1.32. The zero-order valence-electron chi connectivity index (χ0n) is 11.5. The van der Waals surface area contributed by atoms with Crippen LogP contribution in [0.25, 0.3) is 10.8 Å². The third-order valence-corrected chi connectivity index (χ3v) is 4.16. The second-order valence-corrected chi connectivity index (χ2v) is 5.72. The topological polar surface area (TPSA) is 50.9 Å². The van der Waals surface area contributed by atoms with E-state index >= 15 is 0 Å². The van der Waals surface area contributed by atoms with Gasteiger partial charge >= 0.3 is 0 Å². The van der Waals surface area contributed by atoms with Gasteiger partial charge in [-0.3, -0.25) is 0 Å². The summed E-state index contributed by atoms with van der Waals surface area (Å²) in [4.78, 5) is 4.44. The third-order valence-electron chi connectivity index (χ3n) is 3.47. The van der Waals surface area contributed by atoms with Gasteiger partial charge in [-0.25, -0.2) is 4.98 Å². The van der Waals surface area contributed by atoms with E-state index in [2.05, 4.69) is 56.6 Å². The van der Waals surface area contributed by atoms with E-state index < -0.39 is 0 Å². The summed E-state index contributed by atoms with van der Waals surface area (Å²) < 4.78 is 1.08. The van der Waals surface area contributed by atoms with Gasteiger partial charge in [0.15, 0.2) is 0 Å². The molecule has 3 rings (SSSR count). The molecule has 1 aromatic heterocycles. The average molecular weight is 342 g/mol. The van der Waals surface area contributed by atoms with Crippen molar-refractivity contribution < 1.29 is 0 Å². The molecule has 3 nitrogen and oxygen atoms in total. The zero-order chi connectivity index (χ0) is 14.7. The fourth-order valence-corrected chi connectivity index (χ4v) is 2.79. The van der Waals surface area contributed by atoms with E-state index in [0.717, 1.165) is 33.2 Å². The zero-order valence-corrected chi connectivity index (χ0v) is 13.1. The van der Waals surface area contributed by atoms with Crippen molar-refractivity contribution in [2.45, 2.75) is 13.1 Å². The molecule has 3 N–H and O–H groups in total. The number of halogens is 1. The number of benzene rings is 2. The lowest BCUT2D eigenvalue weighted by molar-refractivity contribution is 1.06. The predicted molar refractivity (Wildman–Crippen MR) is 91.1 cm³/mol. The van der Waals surface area contributed by atoms with E-state index in [4.69, 9.17) is 5.73 Å². The molecule has 2 aromatic carbocycles. The van der Waals surface area contributed by atoms with Gasteiger partial charge in [-0.1, -0.05) is 52.3 Å². The maximum Gasteiger partial charge on any atom is 0.134 e. The van der Waals surface area contributed by atoms with Crippen LogP contribution in [0, 0.1) is 0 Å². The first-order valence-electron chi connectivity index (χ1n) is 6.83. The lowest BCUT2D eigenvalue weighted by Gasteiger charge is -2.10. The molecular formula is C17H16BrN3. The highest BCUT2D eigenvalue weighted by Crippen LogP contribution is 2.27. The summed E-state index contributed by atoms with van der Waals surface area (Å²) in [5.41, 5.74) is 7.96. The number of rotatable bonds is 4. The van der Waals surface area contributed by atoms with Gasteiger partial charge in [-0.05, 0) is 23.3 Å². The van der Waals surface area contributed by atoms with E-state index in [1.807, 2.05) is 24.4 Å². The SMILES string of the molecule is NCc1ccc(CNc2nccc3c(Br)cccc23)cc1. The minimum absolute atomic E-state index is 0.576. The van der Waals surface area contributed by atoms with E-state index in [0.29, 0.717) is 6.54 Å². The maximum atomic E-state index is 5.61. The molecular weight excluding hydrogens is 326 g/mol. The van der Waals surface area contributed by atoms with Crippen molar-refractivity contribution in [3.63, 3.8) is 0 Å². The molecule has 0 saturated heterocycles. The molecule has 0 fully saturated rings. The van der Waals surface area contributed by atoms with Gasteiger partial charge in [0.25, 0.3) is 0 Å². The summed E-state index contributed by atoms with van der Waals surface area (Å²) in [6.07, 6.45) is 1.83. The molecule has 0 unspecified atom stereocenters. The Balaban J connectivity index is 1.83. The third kappa shape index (κ3) is 3.06. The number of pyridine rings is 1. The van der Waals surface area contributed by atoms with Crippen LogP contribution in [0.3, 0.4) is 0 Å². The summed E-state index contributed by atoms with van der Waals surface area (Å²) >= 11 is 3.58. The standard InChI is InChI=1S/C17H16BrN3/c18-16-3-1-2-15-14(16)8-9-20-17(15)21-11-13-6-4-12(10-19)5-7-13/h1-9H,10-11,19H2,(H,20,21). The van der Waals surface area contributed by atoms with Crippen molar-refractivity contribution in [3.8, 4) is 0 Å². The molecule has 0 aliphatic carbocycles. The molecule has 106 valence electrons. The van der Waals surface area contributed by atoms with Crippen LogP contribution in [0.1, 0.15) is 11.1 Å². The van der Waals surface area contributed by atoms with Crippen molar-refractivity contribution in [2.24, 2.45) is 5.73 Å². The maximum absolute atomic E-state index is 5.61. The minimum atomic E-state index is 0.576. The highest BCUT2D eigenvalue weighted by molar-refractivity contribution is 9.10. The number of hydrogen-bond donors (Lipinski definition) is 2. The van der Waals surface area contributed by atoms with Crippen LogP contribution in [0.15, 0.2) is 59.2 Å². The Hall–Kier alpha value is -1.91. The monoisotopic (exact) mass is 341 g/mol. The van der Waals surface area contributed by atoms with Gasteiger partial charge in [0.1, 0.15) is 5.82 Å². The Bertz CT molecular complexity index is 754. The fraction of sp³-hybridized carbons (Fsp3) is 0.118. The van der Waals surface area contributed by atoms with Crippen LogP contribution in [-0.2, 0) is 13.1 Å². The molecule has 0 bridgehead atoms. The van der Waals surface area contributed by atoms with Crippen LogP contribution >= 0.6 is 15.9 Å². The molecule has 1 heterocycles. The molecule has 0 amide bonds. The second kappa shape index (κ2) is 6.24. The smallest absolute Gasteiger partial charge is 0.134 e. The Kier molecular flexibility index (Phi) is 4.18. The normalized spacial score (nSPS) is 10.8. The van der Waals surface area contributed by atoms with E-state index in [1.165, 1.54) is 5.56 Å². The van der Waals surface area contributed by atoms with Gasteiger partial charge in [0, 0.05) is 34.5 Å². The number of anilines is 1. The summed E-state index contributed by atoms with van der Waals surface area (Å²) in [7, 11) is 0. The molecule has 0 saturated carbocycles. The van der Waals surface area contributed by atoms with Crippen LogP contribution in [0.2, 0.25) is 0 Å². The number of nitrogens with one attached hydrogen (secondary N) is 1. The molecule has 0 aliphatic rings. The Morgan fingerprint density at radius 1 is 0.952 bits per heavy atom. The van der Waals surface area contributed by atoms with E-state index in [9.17, 15) is 0 Å². The van der Waals surface area contributed by atoms with Crippen molar-refractivity contribution in [3.05, 3.63) is 70.3 Å². The van der Waals surface area contributed by atoms with Gasteiger partial charge in [0.05, 0.1) is 0 Å². The summed E-state index contributed by atoms with van der Waals surface area (Å²) in [5.74, 6) is 0.900. The van der Waals surface area contributed by atoms with Crippen LogP contribution < -0.4 is 11.1 Å². The molecule has 0 radical (unpaired) electrons. The average Bonchev–Trinajstić information content (AvgIpc) is 2.54. The van der Waals surface area contributed by atoms with Gasteiger partial charge < -0.3 is 11.1 Å². The first-order chi connectivity index (χ1) is 10.3. The summed E-state index contributed by atoms with van der Waals surface area (Å²) in [5, 5.41) is 5.68. The first kappa shape index (κ1) is 14.0. The fourth-order valence-electron chi connectivity index (χ4n) is 2.29. The van der Waals surface area contributed by atoms with Crippen LogP contribution in [0.5, 0.6) is 0 Å². The Morgan fingerprint density at radius 2 is 1.71 bits per heavy atom. The number of aromatic nitrogens is 1. The van der Waals surface area contributed by atoms with Crippen molar-refractivity contribution in [1.82, 2.24) is 4.98 Å². The number of nitrogens with two attached hydrogens (primary N) is 1. The van der Waals surface area contributed by atoms with E-state index in [-0.39, 0.29) is 0 Å². The molecule has 3 aromatic rings. The largest absolute Gasteiger partial charge is 0.365 e. The van der Waals surface area contributed by atoms with Crippen molar-refractivity contribution >= 4 is 32.5 Å². The Morgan fingerprint density at radius 3 is 2.48 bits per heavy atom. The lowest BCUT2D eigenvalue weighted by atomic mass is 10.1.